The molecule has 0 radical (unpaired) electrons. The van der Waals surface area contributed by atoms with E-state index in [2.05, 4.69) is 4.98 Å². The second-order valence-corrected chi connectivity index (χ2v) is 5.21. The smallest absolute Gasteiger partial charge is 0.185 e. The molecule has 0 spiro atoms. The molecule has 2 N–H and O–H groups in total. The molecule has 2 unspecified atom stereocenters. The first kappa shape index (κ1) is 14.4. The minimum Gasteiger partial charge on any atom is -0.390 e. The minimum atomic E-state index is -1.01. The van der Waals surface area contributed by atoms with E-state index >= 15 is 0 Å². The molecule has 0 bridgehead atoms. The van der Waals surface area contributed by atoms with Crippen molar-refractivity contribution in [2.75, 3.05) is 5.75 Å². The van der Waals surface area contributed by atoms with Gasteiger partial charge in [0, 0.05) is 24.4 Å². The molecule has 0 saturated carbocycles. The van der Waals surface area contributed by atoms with Crippen molar-refractivity contribution in [2.45, 2.75) is 25.6 Å². The predicted molar refractivity (Wildman–Crippen MR) is 68.0 cm³/mol. The molecule has 1 rings (SSSR count). The normalized spacial score (nSPS) is 14.4. The Morgan fingerprint density at radius 2 is 2.24 bits per heavy atom. The highest BCUT2D eigenvalue weighted by atomic mass is 35.5. The monoisotopic (exact) mass is 275 g/mol. The zero-order valence-electron chi connectivity index (χ0n) is 9.34. The molecule has 0 amide bonds. The first-order valence-corrected chi connectivity index (χ1v) is 6.48. The molecule has 0 fully saturated rings. The number of pyridine rings is 1. The zero-order valence-corrected chi connectivity index (χ0v) is 10.9. The number of rotatable bonds is 5. The van der Waals surface area contributed by atoms with Gasteiger partial charge in [0.1, 0.15) is 11.3 Å². The summed E-state index contributed by atoms with van der Waals surface area (Å²) in [4.78, 5) is 14.5. The highest BCUT2D eigenvalue weighted by molar-refractivity contribution is 8.13. The summed E-state index contributed by atoms with van der Waals surface area (Å²) in [6.07, 6.45) is -0.153. The number of aliphatic hydroxyl groups is 2. The fourth-order valence-corrected chi connectivity index (χ4v) is 2.02. The van der Waals surface area contributed by atoms with Crippen molar-refractivity contribution in [2.24, 2.45) is 0 Å². The molecule has 1 aromatic rings. The van der Waals surface area contributed by atoms with E-state index in [9.17, 15) is 15.0 Å². The lowest BCUT2D eigenvalue weighted by atomic mass is 10.1. The molecule has 0 saturated heterocycles. The van der Waals surface area contributed by atoms with Gasteiger partial charge in [-0.25, -0.2) is 4.98 Å². The summed E-state index contributed by atoms with van der Waals surface area (Å²) < 4.78 is 0. The van der Waals surface area contributed by atoms with E-state index < -0.39 is 12.2 Å². The molecule has 4 nitrogen and oxygen atoms in total. The van der Waals surface area contributed by atoms with Gasteiger partial charge in [0.2, 0.25) is 0 Å². The van der Waals surface area contributed by atoms with Crippen molar-refractivity contribution in [1.82, 2.24) is 4.98 Å². The lowest BCUT2D eigenvalue weighted by Crippen LogP contribution is -2.19. The summed E-state index contributed by atoms with van der Waals surface area (Å²) in [6, 6.07) is 3.17. The van der Waals surface area contributed by atoms with E-state index in [-0.39, 0.29) is 5.12 Å². The largest absolute Gasteiger partial charge is 0.390 e. The molecule has 1 aromatic heterocycles. The number of halogens is 1. The fourth-order valence-electron chi connectivity index (χ4n) is 1.27. The van der Waals surface area contributed by atoms with Crippen LogP contribution in [-0.4, -0.2) is 32.2 Å². The molecule has 2 atom stereocenters. The highest BCUT2D eigenvalue weighted by Crippen LogP contribution is 2.20. The van der Waals surface area contributed by atoms with Crippen molar-refractivity contribution >= 4 is 28.5 Å². The Hall–Kier alpha value is -0.620. The van der Waals surface area contributed by atoms with Crippen LogP contribution in [0, 0.1) is 0 Å². The minimum absolute atomic E-state index is 0.000139. The van der Waals surface area contributed by atoms with Crippen LogP contribution in [-0.2, 0) is 4.79 Å². The van der Waals surface area contributed by atoms with Crippen LogP contribution in [0.25, 0.3) is 0 Å². The van der Waals surface area contributed by atoms with E-state index in [4.69, 9.17) is 11.6 Å². The molecule has 0 aliphatic heterocycles. The summed E-state index contributed by atoms with van der Waals surface area (Å²) >= 11 is 6.75. The van der Waals surface area contributed by atoms with Gasteiger partial charge in [-0.1, -0.05) is 29.4 Å². The van der Waals surface area contributed by atoms with Gasteiger partial charge in [0.15, 0.2) is 5.12 Å². The third kappa shape index (κ3) is 5.04. The maximum Gasteiger partial charge on any atom is 0.185 e. The molecule has 6 heteroatoms. The Labute approximate surface area is 109 Å². The number of thioether (sulfide) groups is 1. The van der Waals surface area contributed by atoms with Gasteiger partial charge in [-0.3, -0.25) is 4.79 Å². The van der Waals surface area contributed by atoms with Crippen LogP contribution in [0.5, 0.6) is 0 Å². The number of aromatic nitrogens is 1. The van der Waals surface area contributed by atoms with Crippen molar-refractivity contribution in [3.63, 3.8) is 0 Å². The Kier molecular flexibility index (Phi) is 5.91. The van der Waals surface area contributed by atoms with Crippen molar-refractivity contribution in [3.8, 4) is 0 Å². The van der Waals surface area contributed by atoms with Gasteiger partial charge >= 0.3 is 0 Å². The van der Waals surface area contributed by atoms with E-state index in [1.54, 1.807) is 12.1 Å². The summed E-state index contributed by atoms with van der Waals surface area (Å²) in [5, 5.41) is 19.9. The number of carbonyl (C=O) groups excluding carboxylic acids is 1. The van der Waals surface area contributed by atoms with Crippen LogP contribution < -0.4 is 0 Å². The van der Waals surface area contributed by atoms with Crippen LogP contribution >= 0.6 is 23.4 Å². The van der Waals surface area contributed by atoms with Crippen molar-refractivity contribution in [1.29, 1.82) is 0 Å². The maximum absolute atomic E-state index is 10.7. The average molecular weight is 276 g/mol. The molecule has 94 valence electrons. The van der Waals surface area contributed by atoms with Crippen LogP contribution in [0.2, 0.25) is 5.15 Å². The fraction of sp³-hybridized carbons (Fsp3) is 0.455. The predicted octanol–water partition coefficient (Wildman–Crippen LogP) is 1.80. The molecule has 0 aliphatic rings. The van der Waals surface area contributed by atoms with E-state index in [0.29, 0.717) is 22.9 Å². The first-order chi connectivity index (χ1) is 8.00. The second kappa shape index (κ2) is 6.96. The SMILES string of the molecule is CC(=O)SCCC(O)C(O)c1ccc(Cl)nc1. The second-order valence-electron chi connectivity index (χ2n) is 3.56. The molecular formula is C11H14ClNO3S. The van der Waals surface area contributed by atoms with Gasteiger partial charge in [-0.15, -0.1) is 0 Å². The van der Waals surface area contributed by atoms with E-state index in [0.717, 1.165) is 11.8 Å². The van der Waals surface area contributed by atoms with Gasteiger partial charge in [-0.2, -0.15) is 0 Å². The first-order valence-electron chi connectivity index (χ1n) is 5.11. The summed E-state index contributed by atoms with van der Waals surface area (Å²) in [5.74, 6) is 0.481. The average Bonchev–Trinajstić information content (AvgIpc) is 2.28. The van der Waals surface area contributed by atoms with E-state index in [1.807, 2.05) is 0 Å². The summed E-state index contributed by atoms with van der Waals surface area (Å²) in [5.41, 5.74) is 0.509. The number of hydrogen-bond donors (Lipinski definition) is 2. The van der Waals surface area contributed by atoms with Crippen LogP contribution in [0.1, 0.15) is 25.0 Å². The van der Waals surface area contributed by atoms with Gasteiger partial charge < -0.3 is 10.2 Å². The molecule has 17 heavy (non-hydrogen) atoms. The van der Waals surface area contributed by atoms with Gasteiger partial charge in [0.25, 0.3) is 0 Å². The molecule has 1 heterocycles. The lowest BCUT2D eigenvalue weighted by molar-refractivity contribution is -0.109. The number of hydrogen-bond acceptors (Lipinski definition) is 5. The Balaban J connectivity index is 2.48. The third-order valence-electron chi connectivity index (χ3n) is 2.18. The Bertz CT molecular complexity index is 371. The number of carbonyl (C=O) groups is 1. The zero-order chi connectivity index (χ0) is 12.8. The van der Waals surface area contributed by atoms with Crippen LogP contribution in [0.3, 0.4) is 0 Å². The Morgan fingerprint density at radius 3 is 2.76 bits per heavy atom. The molecular weight excluding hydrogens is 262 g/mol. The van der Waals surface area contributed by atoms with Crippen molar-refractivity contribution in [3.05, 3.63) is 29.0 Å². The van der Waals surface area contributed by atoms with Crippen LogP contribution in [0.4, 0.5) is 0 Å². The number of aliphatic hydroxyl groups excluding tert-OH is 2. The van der Waals surface area contributed by atoms with Gasteiger partial charge in [-0.05, 0) is 12.5 Å². The van der Waals surface area contributed by atoms with Crippen molar-refractivity contribution < 1.29 is 15.0 Å². The van der Waals surface area contributed by atoms with Gasteiger partial charge in [0.05, 0.1) is 6.10 Å². The van der Waals surface area contributed by atoms with E-state index in [1.165, 1.54) is 13.1 Å². The summed E-state index contributed by atoms with van der Waals surface area (Å²) in [7, 11) is 0. The Morgan fingerprint density at radius 1 is 1.53 bits per heavy atom. The lowest BCUT2D eigenvalue weighted by Gasteiger charge is -2.17. The number of nitrogens with zero attached hydrogens (tertiary/aromatic N) is 1. The molecule has 0 aromatic carbocycles. The topological polar surface area (TPSA) is 70.4 Å². The van der Waals surface area contributed by atoms with Crippen LogP contribution in [0.15, 0.2) is 18.3 Å². The third-order valence-corrected chi connectivity index (χ3v) is 3.25. The molecule has 0 aliphatic carbocycles. The summed E-state index contributed by atoms with van der Waals surface area (Å²) in [6.45, 7) is 1.47. The maximum atomic E-state index is 10.7. The standard InChI is InChI=1S/C11H14ClNO3S/c1-7(14)17-5-4-9(15)11(16)8-2-3-10(12)13-6-8/h2-3,6,9,11,15-16H,4-5H2,1H3. The highest BCUT2D eigenvalue weighted by Gasteiger charge is 2.18. The quantitative estimate of drug-likeness (QED) is 0.802.